The molecule has 1 heterocycles. The second kappa shape index (κ2) is 3.02. The van der Waals surface area contributed by atoms with Crippen molar-refractivity contribution in [1.29, 1.82) is 0 Å². The van der Waals surface area contributed by atoms with Crippen molar-refractivity contribution in [2.24, 2.45) is 12.8 Å². The Morgan fingerprint density at radius 2 is 2.45 bits per heavy atom. The Morgan fingerprint density at radius 1 is 1.82 bits per heavy atom. The summed E-state index contributed by atoms with van der Waals surface area (Å²) in [4.78, 5) is 4.03. The molecule has 0 radical (unpaired) electrons. The van der Waals surface area contributed by atoms with Crippen LogP contribution in [0.1, 0.15) is 17.6 Å². The summed E-state index contributed by atoms with van der Waals surface area (Å²) >= 11 is 0. The van der Waals surface area contributed by atoms with Gasteiger partial charge in [0.05, 0.1) is 11.9 Å². The molecule has 0 fully saturated rings. The average Bonchev–Trinajstić information content (AvgIpc) is 2.32. The molecule has 0 saturated heterocycles. The molecule has 0 aliphatic carbocycles. The molecule has 3 N–H and O–H groups in total. The van der Waals surface area contributed by atoms with Crippen molar-refractivity contribution in [3.05, 3.63) is 17.7 Å². The van der Waals surface area contributed by atoms with E-state index in [4.69, 9.17) is 5.73 Å². The average molecular weight is 155 g/mol. The fourth-order valence-electron chi connectivity index (χ4n) is 0.950. The summed E-state index contributed by atoms with van der Waals surface area (Å²) in [5.74, 6) is 0.882. The van der Waals surface area contributed by atoms with Crippen LogP contribution in [0.2, 0.25) is 0 Å². The molecule has 0 amide bonds. The van der Waals surface area contributed by atoms with E-state index in [-0.39, 0.29) is 6.54 Å². The zero-order valence-corrected chi connectivity index (χ0v) is 6.78. The van der Waals surface area contributed by atoms with Gasteiger partial charge in [0.1, 0.15) is 11.9 Å². The van der Waals surface area contributed by atoms with Crippen LogP contribution >= 0.6 is 0 Å². The van der Waals surface area contributed by atoms with Crippen molar-refractivity contribution in [1.82, 2.24) is 9.55 Å². The van der Waals surface area contributed by atoms with E-state index in [1.807, 2.05) is 18.5 Å². The predicted octanol–water partition coefficient (Wildman–Crippen LogP) is -0.279. The van der Waals surface area contributed by atoms with Crippen molar-refractivity contribution in [2.45, 2.75) is 13.0 Å². The third-order valence-corrected chi connectivity index (χ3v) is 1.82. The lowest BCUT2D eigenvalue weighted by Gasteiger charge is -2.08. The van der Waals surface area contributed by atoms with Crippen LogP contribution in [0.5, 0.6) is 0 Å². The van der Waals surface area contributed by atoms with E-state index in [1.54, 1.807) is 6.20 Å². The lowest BCUT2D eigenvalue weighted by atomic mass is 10.3. The van der Waals surface area contributed by atoms with Gasteiger partial charge in [0.15, 0.2) is 0 Å². The fraction of sp³-hybridized carbons (Fsp3) is 0.571. The number of rotatable bonds is 2. The maximum Gasteiger partial charge on any atom is 0.108 e. The molecule has 4 nitrogen and oxygen atoms in total. The summed E-state index contributed by atoms with van der Waals surface area (Å²) in [6.45, 7) is 2.12. The first-order valence-corrected chi connectivity index (χ1v) is 3.53. The van der Waals surface area contributed by atoms with Crippen molar-refractivity contribution >= 4 is 0 Å². The first-order valence-electron chi connectivity index (χ1n) is 3.53. The van der Waals surface area contributed by atoms with Crippen LogP contribution in [0.4, 0.5) is 0 Å². The van der Waals surface area contributed by atoms with Gasteiger partial charge in [-0.25, -0.2) is 4.98 Å². The molecule has 62 valence electrons. The molecule has 1 aromatic rings. The monoisotopic (exact) mass is 155 g/mol. The standard InChI is InChI=1S/C7H13N3O/c1-5-9-4-6(10(5)2)7(11)3-8/h4,7,11H,3,8H2,1-2H3. The Hall–Kier alpha value is -0.870. The summed E-state index contributed by atoms with van der Waals surface area (Å²) in [5, 5.41) is 9.34. The summed E-state index contributed by atoms with van der Waals surface area (Å²) in [6.07, 6.45) is 1.05. The normalized spacial score (nSPS) is 13.5. The molecular formula is C7H13N3O. The number of hydrogen-bond acceptors (Lipinski definition) is 3. The van der Waals surface area contributed by atoms with E-state index in [0.29, 0.717) is 0 Å². The molecule has 0 aliphatic heterocycles. The van der Waals surface area contributed by atoms with E-state index >= 15 is 0 Å². The van der Waals surface area contributed by atoms with Gasteiger partial charge in [-0.1, -0.05) is 0 Å². The minimum absolute atomic E-state index is 0.235. The number of aliphatic hydroxyl groups excluding tert-OH is 1. The van der Waals surface area contributed by atoms with Crippen LogP contribution in [0, 0.1) is 6.92 Å². The maximum absolute atomic E-state index is 9.34. The van der Waals surface area contributed by atoms with Gasteiger partial charge in [-0.05, 0) is 6.92 Å². The Morgan fingerprint density at radius 3 is 2.82 bits per heavy atom. The van der Waals surface area contributed by atoms with Crippen LogP contribution in [-0.2, 0) is 7.05 Å². The van der Waals surface area contributed by atoms with E-state index in [1.165, 1.54) is 0 Å². The highest BCUT2D eigenvalue weighted by molar-refractivity contribution is 5.06. The molecule has 11 heavy (non-hydrogen) atoms. The molecule has 1 unspecified atom stereocenters. The van der Waals surface area contributed by atoms with Gasteiger partial charge in [0, 0.05) is 13.6 Å². The van der Waals surface area contributed by atoms with Crippen molar-refractivity contribution < 1.29 is 5.11 Å². The molecule has 0 aliphatic rings. The van der Waals surface area contributed by atoms with Gasteiger partial charge < -0.3 is 15.4 Å². The molecule has 0 aromatic carbocycles. The number of nitrogens with two attached hydrogens (primary N) is 1. The Bertz CT molecular complexity index is 244. The van der Waals surface area contributed by atoms with Gasteiger partial charge in [-0.2, -0.15) is 0 Å². The highest BCUT2D eigenvalue weighted by Gasteiger charge is 2.10. The van der Waals surface area contributed by atoms with Gasteiger partial charge in [0.25, 0.3) is 0 Å². The topological polar surface area (TPSA) is 64.1 Å². The first-order chi connectivity index (χ1) is 5.16. The maximum atomic E-state index is 9.34. The molecule has 1 aromatic heterocycles. The molecule has 0 saturated carbocycles. The molecule has 1 atom stereocenters. The summed E-state index contributed by atoms with van der Waals surface area (Å²) in [7, 11) is 1.86. The highest BCUT2D eigenvalue weighted by Crippen LogP contribution is 2.10. The predicted molar refractivity (Wildman–Crippen MR) is 42.0 cm³/mol. The lowest BCUT2D eigenvalue weighted by molar-refractivity contribution is 0.178. The Balaban J connectivity index is 2.94. The quantitative estimate of drug-likeness (QED) is 0.617. The van der Waals surface area contributed by atoms with E-state index < -0.39 is 6.10 Å². The van der Waals surface area contributed by atoms with Crippen LogP contribution in [0.3, 0.4) is 0 Å². The molecule has 0 spiro atoms. The third-order valence-electron chi connectivity index (χ3n) is 1.82. The SMILES string of the molecule is Cc1ncc(C(O)CN)n1C. The number of hydrogen-bond donors (Lipinski definition) is 2. The zero-order chi connectivity index (χ0) is 8.43. The second-order valence-electron chi connectivity index (χ2n) is 2.54. The van der Waals surface area contributed by atoms with Gasteiger partial charge in [0.2, 0.25) is 0 Å². The van der Waals surface area contributed by atoms with Gasteiger partial charge in [-0.15, -0.1) is 0 Å². The van der Waals surface area contributed by atoms with Crippen molar-refractivity contribution in [3.63, 3.8) is 0 Å². The minimum atomic E-state index is -0.596. The lowest BCUT2D eigenvalue weighted by Crippen LogP contribution is -2.14. The molecular weight excluding hydrogens is 142 g/mol. The van der Waals surface area contributed by atoms with Crippen LogP contribution in [0.25, 0.3) is 0 Å². The number of aliphatic hydroxyl groups is 1. The summed E-state index contributed by atoms with van der Waals surface area (Å²) in [5.41, 5.74) is 6.06. The van der Waals surface area contributed by atoms with Crippen LogP contribution < -0.4 is 5.73 Å². The van der Waals surface area contributed by atoms with Crippen molar-refractivity contribution in [3.8, 4) is 0 Å². The zero-order valence-electron chi connectivity index (χ0n) is 6.78. The number of aryl methyl sites for hydroxylation is 1. The van der Waals surface area contributed by atoms with Crippen molar-refractivity contribution in [2.75, 3.05) is 6.54 Å². The van der Waals surface area contributed by atoms with E-state index in [2.05, 4.69) is 4.98 Å². The number of imidazole rings is 1. The Kier molecular flexibility index (Phi) is 2.26. The third kappa shape index (κ3) is 1.41. The second-order valence-corrected chi connectivity index (χ2v) is 2.54. The van der Waals surface area contributed by atoms with Crippen LogP contribution in [0.15, 0.2) is 6.20 Å². The highest BCUT2D eigenvalue weighted by atomic mass is 16.3. The Labute approximate surface area is 65.7 Å². The van der Waals surface area contributed by atoms with E-state index in [0.717, 1.165) is 11.5 Å². The molecule has 1 rings (SSSR count). The van der Waals surface area contributed by atoms with E-state index in [9.17, 15) is 5.11 Å². The fourth-order valence-corrected chi connectivity index (χ4v) is 0.950. The molecule has 4 heteroatoms. The number of nitrogens with zero attached hydrogens (tertiary/aromatic N) is 2. The largest absolute Gasteiger partial charge is 0.385 e. The molecule has 0 bridgehead atoms. The number of aromatic nitrogens is 2. The summed E-state index contributed by atoms with van der Waals surface area (Å²) < 4.78 is 1.83. The van der Waals surface area contributed by atoms with Crippen LogP contribution in [-0.4, -0.2) is 21.2 Å². The van der Waals surface area contributed by atoms with Gasteiger partial charge in [-0.3, -0.25) is 0 Å². The smallest absolute Gasteiger partial charge is 0.108 e. The first kappa shape index (κ1) is 8.23. The minimum Gasteiger partial charge on any atom is -0.385 e. The summed E-state index contributed by atoms with van der Waals surface area (Å²) in [6, 6.07) is 0. The van der Waals surface area contributed by atoms with Gasteiger partial charge >= 0.3 is 0 Å².